The first kappa shape index (κ1) is 22.0. The van der Waals surface area contributed by atoms with Gasteiger partial charge in [0.1, 0.15) is 5.76 Å². The quantitative estimate of drug-likeness (QED) is 0.405. The number of nitrogen functional groups attached to an aromatic ring is 1. The molecule has 1 amide bonds. The van der Waals surface area contributed by atoms with E-state index in [2.05, 4.69) is 20.2 Å². The molecule has 1 fully saturated rings. The van der Waals surface area contributed by atoms with Gasteiger partial charge in [0.15, 0.2) is 11.4 Å². The third-order valence-corrected chi connectivity index (χ3v) is 6.80. The molecule has 0 unspecified atom stereocenters. The van der Waals surface area contributed by atoms with Crippen LogP contribution in [-0.2, 0) is 11.3 Å². The van der Waals surface area contributed by atoms with Gasteiger partial charge in [0.25, 0.3) is 0 Å². The molecule has 1 aliphatic heterocycles. The molecule has 2 N–H and O–H groups in total. The maximum atomic E-state index is 11.6. The van der Waals surface area contributed by atoms with E-state index >= 15 is 0 Å². The summed E-state index contributed by atoms with van der Waals surface area (Å²) in [4.78, 5) is 22.0. The van der Waals surface area contributed by atoms with Crippen LogP contribution in [-0.4, -0.2) is 53.4 Å². The van der Waals surface area contributed by atoms with Crippen LogP contribution < -0.4 is 5.73 Å². The molecule has 10 nitrogen and oxygen atoms in total. The van der Waals surface area contributed by atoms with Gasteiger partial charge in [0, 0.05) is 67.5 Å². The number of nitrogens with zero attached hydrogens (tertiary/aromatic N) is 7. The summed E-state index contributed by atoms with van der Waals surface area (Å²) in [5, 5.41) is 9.99. The highest BCUT2D eigenvalue weighted by atomic mass is 16.3. The second-order valence-corrected chi connectivity index (χ2v) is 9.14. The van der Waals surface area contributed by atoms with Gasteiger partial charge in [0.05, 0.1) is 30.5 Å². The van der Waals surface area contributed by atoms with Crippen molar-refractivity contribution in [3.63, 3.8) is 0 Å². The number of amides is 1. The van der Waals surface area contributed by atoms with Gasteiger partial charge in [-0.3, -0.25) is 19.1 Å². The van der Waals surface area contributed by atoms with E-state index in [0.717, 1.165) is 53.6 Å². The minimum Gasteiger partial charge on any atom is -0.452 e. The largest absolute Gasteiger partial charge is 0.452 e. The third kappa shape index (κ3) is 4.10. The van der Waals surface area contributed by atoms with Crippen molar-refractivity contribution in [3.05, 3.63) is 67.1 Å². The Morgan fingerprint density at radius 3 is 2.64 bits per heavy atom. The van der Waals surface area contributed by atoms with Crippen molar-refractivity contribution >= 4 is 22.7 Å². The summed E-state index contributed by atoms with van der Waals surface area (Å²) in [6.07, 6.45) is 14.7. The predicted octanol–water partition coefficient (Wildman–Crippen LogP) is 3.76. The molecule has 0 saturated carbocycles. The summed E-state index contributed by atoms with van der Waals surface area (Å²) in [5.41, 5.74) is 10.6. The average Bonchev–Trinajstić information content (AvgIpc) is 3.65. The number of hydrogen-bond acceptors (Lipinski definition) is 7. The molecule has 5 aromatic heterocycles. The topological polar surface area (TPSA) is 121 Å². The average molecular weight is 483 g/mol. The van der Waals surface area contributed by atoms with Crippen LogP contribution in [0.15, 0.2) is 66.0 Å². The number of furan rings is 1. The molecule has 6 heterocycles. The zero-order chi connectivity index (χ0) is 24.6. The first-order valence-corrected chi connectivity index (χ1v) is 11.9. The van der Waals surface area contributed by atoms with E-state index in [1.54, 1.807) is 31.7 Å². The minimum atomic E-state index is 0.128. The van der Waals surface area contributed by atoms with Crippen molar-refractivity contribution in [1.82, 2.24) is 34.4 Å². The van der Waals surface area contributed by atoms with Crippen LogP contribution in [0.5, 0.6) is 0 Å². The Morgan fingerprint density at radius 2 is 1.86 bits per heavy atom. The number of anilines is 1. The molecule has 1 saturated heterocycles. The van der Waals surface area contributed by atoms with Crippen LogP contribution >= 0.6 is 0 Å². The van der Waals surface area contributed by atoms with Crippen molar-refractivity contribution in [2.45, 2.75) is 32.4 Å². The number of fused-ring (bicyclic) bond motifs is 1. The van der Waals surface area contributed by atoms with Gasteiger partial charge in [-0.2, -0.15) is 10.2 Å². The lowest BCUT2D eigenvalue weighted by Crippen LogP contribution is -2.37. The van der Waals surface area contributed by atoms with Crippen molar-refractivity contribution in [1.29, 1.82) is 0 Å². The smallest absolute Gasteiger partial charge is 0.219 e. The Hall–Kier alpha value is -4.47. The van der Waals surface area contributed by atoms with Crippen LogP contribution in [0.4, 0.5) is 5.82 Å². The molecule has 5 aromatic rings. The molecule has 1 aliphatic rings. The second-order valence-electron chi connectivity index (χ2n) is 9.14. The number of hydrogen-bond donors (Lipinski definition) is 1. The summed E-state index contributed by atoms with van der Waals surface area (Å²) in [6, 6.07) is 6.18. The Morgan fingerprint density at radius 1 is 1.08 bits per heavy atom. The van der Waals surface area contributed by atoms with Crippen molar-refractivity contribution < 1.29 is 9.21 Å². The first-order chi connectivity index (χ1) is 17.5. The van der Waals surface area contributed by atoms with E-state index in [9.17, 15) is 4.79 Å². The molecular formula is C26H26N8O2. The zero-order valence-electron chi connectivity index (χ0n) is 19.9. The lowest BCUT2D eigenvalue weighted by Gasteiger charge is -2.31. The van der Waals surface area contributed by atoms with Gasteiger partial charge in [-0.15, -0.1) is 0 Å². The number of nitrogens with two attached hydrogens (primary N) is 1. The molecule has 10 heteroatoms. The molecule has 0 aliphatic carbocycles. The molecular weight excluding hydrogens is 456 g/mol. The van der Waals surface area contributed by atoms with Gasteiger partial charge in [-0.25, -0.2) is 4.98 Å². The van der Waals surface area contributed by atoms with E-state index < -0.39 is 0 Å². The normalized spacial score (nSPS) is 14.5. The predicted molar refractivity (Wildman–Crippen MR) is 135 cm³/mol. The fourth-order valence-corrected chi connectivity index (χ4v) is 4.79. The van der Waals surface area contributed by atoms with Crippen LogP contribution in [0.1, 0.15) is 31.4 Å². The first-order valence-electron chi connectivity index (χ1n) is 11.9. The number of rotatable bonds is 5. The molecule has 0 spiro atoms. The Kier molecular flexibility index (Phi) is 5.48. The highest BCUT2D eigenvalue weighted by Crippen LogP contribution is 2.37. The summed E-state index contributed by atoms with van der Waals surface area (Å²) in [7, 11) is 0. The SMILES string of the molecule is CC(=O)N1CCC(n2cc(-c3cnc(N)c4oc(-c5cnn(Cc6ccncc6)c5)cc34)cn2)CC1. The Labute approximate surface area is 207 Å². The van der Waals surface area contributed by atoms with Gasteiger partial charge in [0.2, 0.25) is 5.91 Å². The van der Waals surface area contributed by atoms with Gasteiger partial charge in [-0.05, 0) is 36.6 Å². The van der Waals surface area contributed by atoms with Crippen molar-refractivity contribution in [2.24, 2.45) is 0 Å². The second kappa shape index (κ2) is 8.95. The monoisotopic (exact) mass is 482 g/mol. The van der Waals surface area contributed by atoms with Gasteiger partial charge >= 0.3 is 0 Å². The highest BCUT2D eigenvalue weighted by Gasteiger charge is 2.23. The fraction of sp³-hybridized carbons (Fsp3) is 0.269. The number of likely N-dealkylation sites (tertiary alicyclic amines) is 1. The summed E-state index contributed by atoms with van der Waals surface area (Å²) < 4.78 is 10.0. The van der Waals surface area contributed by atoms with E-state index in [1.165, 1.54) is 0 Å². The fourth-order valence-electron chi connectivity index (χ4n) is 4.79. The molecule has 0 bridgehead atoms. The van der Waals surface area contributed by atoms with Crippen LogP contribution in [0, 0.1) is 0 Å². The summed E-state index contributed by atoms with van der Waals surface area (Å²) in [6.45, 7) is 3.77. The van der Waals surface area contributed by atoms with Crippen molar-refractivity contribution in [3.8, 4) is 22.5 Å². The lowest BCUT2D eigenvalue weighted by atomic mass is 10.0. The van der Waals surface area contributed by atoms with E-state index in [4.69, 9.17) is 10.2 Å². The standard InChI is InChI=1S/C26H26N8O2/c1-17(35)32-8-4-21(5-9-32)34-16-19(11-31-34)23-13-29-26(27)25-22(23)10-24(36-25)20-12-30-33(15-20)14-18-2-6-28-7-3-18/h2-3,6-7,10-13,15-16,21H,4-5,8-9,14H2,1H3,(H2,27,29). The van der Waals surface area contributed by atoms with Crippen LogP contribution in [0.2, 0.25) is 0 Å². The van der Waals surface area contributed by atoms with Gasteiger partial charge < -0.3 is 15.1 Å². The van der Waals surface area contributed by atoms with E-state index in [0.29, 0.717) is 23.7 Å². The molecule has 182 valence electrons. The summed E-state index contributed by atoms with van der Waals surface area (Å²) >= 11 is 0. The molecule has 0 atom stereocenters. The highest BCUT2D eigenvalue weighted by molar-refractivity contribution is 6.00. The maximum absolute atomic E-state index is 11.6. The molecule has 0 aromatic carbocycles. The minimum absolute atomic E-state index is 0.128. The number of carbonyl (C=O) groups excluding carboxylic acids is 1. The Balaban J connectivity index is 1.28. The molecule has 6 rings (SSSR count). The maximum Gasteiger partial charge on any atom is 0.219 e. The lowest BCUT2D eigenvalue weighted by molar-refractivity contribution is -0.130. The van der Waals surface area contributed by atoms with Gasteiger partial charge in [-0.1, -0.05) is 0 Å². The van der Waals surface area contributed by atoms with Crippen LogP contribution in [0.25, 0.3) is 33.4 Å². The number of aromatic nitrogens is 6. The van der Waals surface area contributed by atoms with Crippen molar-refractivity contribution in [2.75, 3.05) is 18.8 Å². The number of piperidine rings is 1. The van der Waals surface area contributed by atoms with E-state index in [1.807, 2.05) is 51.1 Å². The zero-order valence-corrected chi connectivity index (χ0v) is 19.9. The molecule has 36 heavy (non-hydrogen) atoms. The third-order valence-electron chi connectivity index (χ3n) is 6.80. The van der Waals surface area contributed by atoms with E-state index in [-0.39, 0.29) is 11.9 Å². The summed E-state index contributed by atoms with van der Waals surface area (Å²) in [5.74, 6) is 1.15. The number of carbonyl (C=O) groups is 1. The van der Waals surface area contributed by atoms with Crippen LogP contribution in [0.3, 0.4) is 0 Å². The Bertz CT molecular complexity index is 1530. The number of pyridine rings is 2. The molecule has 0 radical (unpaired) electrons.